The number of aryl methyl sites for hydroxylation is 1. The van der Waals surface area contributed by atoms with Crippen molar-refractivity contribution in [1.82, 2.24) is 18.7 Å². The van der Waals surface area contributed by atoms with Gasteiger partial charge >= 0.3 is 5.69 Å². The van der Waals surface area contributed by atoms with Gasteiger partial charge < -0.3 is 15.2 Å². The van der Waals surface area contributed by atoms with E-state index < -0.39 is 0 Å². The maximum absolute atomic E-state index is 12.8. The van der Waals surface area contributed by atoms with Gasteiger partial charge in [0, 0.05) is 39.3 Å². The molecule has 1 aliphatic heterocycles. The van der Waals surface area contributed by atoms with Crippen LogP contribution in [0.4, 0.5) is 5.95 Å². The topological polar surface area (TPSA) is 91.1 Å². The van der Waals surface area contributed by atoms with Gasteiger partial charge in [0.15, 0.2) is 11.2 Å². The fourth-order valence-electron chi connectivity index (χ4n) is 3.56. The summed E-state index contributed by atoms with van der Waals surface area (Å²) in [6.45, 7) is 8.10. The van der Waals surface area contributed by atoms with Crippen molar-refractivity contribution >= 4 is 17.1 Å². The number of fused-ring (bicyclic) bond motifs is 1. The zero-order chi connectivity index (χ0) is 19.2. The monoisotopic (exact) mass is 360 g/mol. The van der Waals surface area contributed by atoms with Crippen LogP contribution in [0.25, 0.3) is 11.2 Å². The summed E-state index contributed by atoms with van der Waals surface area (Å²) in [5.41, 5.74) is 7.40. The largest absolute Gasteiger partial charge is 0.340 e. The molecule has 1 atom stereocenters. The van der Waals surface area contributed by atoms with Gasteiger partial charge in [-0.05, 0) is 33.6 Å². The number of rotatable bonds is 3. The van der Waals surface area contributed by atoms with Crippen molar-refractivity contribution in [2.45, 2.75) is 45.7 Å². The molecule has 2 aromatic heterocycles. The molecule has 142 valence electrons. The maximum atomic E-state index is 12.8. The van der Waals surface area contributed by atoms with Crippen molar-refractivity contribution in [1.29, 1.82) is 0 Å². The number of aromatic nitrogens is 4. The van der Waals surface area contributed by atoms with E-state index in [1.807, 2.05) is 25.3 Å². The van der Waals surface area contributed by atoms with Gasteiger partial charge in [-0.15, -0.1) is 0 Å². The molecule has 26 heavy (non-hydrogen) atoms. The van der Waals surface area contributed by atoms with Gasteiger partial charge in [0.1, 0.15) is 0 Å². The van der Waals surface area contributed by atoms with Gasteiger partial charge in [-0.1, -0.05) is 11.6 Å². The fourth-order valence-corrected chi connectivity index (χ4v) is 3.56. The molecule has 0 bridgehead atoms. The highest BCUT2D eigenvalue weighted by atomic mass is 16.2. The predicted octanol–water partition coefficient (Wildman–Crippen LogP) is 0.718. The van der Waals surface area contributed by atoms with Crippen molar-refractivity contribution in [2.24, 2.45) is 19.8 Å². The molecule has 8 nitrogen and oxygen atoms in total. The Labute approximate surface area is 152 Å². The average molecular weight is 360 g/mol. The summed E-state index contributed by atoms with van der Waals surface area (Å²) in [6.07, 6.45) is 3.98. The van der Waals surface area contributed by atoms with Crippen LogP contribution >= 0.6 is 0 Å². The quantitative estimate of drug-likeness (QED) is 0.815. The van der Waals surface area contributed by atoms with Crippen LogP contribution in [0.2, 0.25) is 0 Å². The van der Waals surface area contributed by atoms with Crippen molar-refractivity contribution in [3.63, 3.8) is 0 Å². The number of piperidine rings is 1. The Bertz CT molecular complexity index is 988. The van der Waals surface area contributed by atoms with Gasteiger partial charge in [-0.3, -0.25) is 13.9 Å². The third-order valence-electron chi connectivity index (χ3n) is 5.02. The zero-order valence-electron chi connectivity index (χ0n) is 16.2. The molecule has 3 rings (SSSR count). The van der Waals surface area contributed by atoms with Crippen LogP contribution in [0.5, 0.6) is 0 Å². The molecule has 0 saturated carbocycles. The van der Waals surface area contributed by atoms with E-state index in [4.69, 9.17) is 10.7 Å². The van der Waals surface area contributed by atoms with E-state index in [-0.39, 0.29) is 16.8 Å². The summed E-state index contributed by atoms with van der Waals surface area (Å²) in [6, 6.07) is 0. The van der Waals surface area contributed by atoms with E-state index in [0.29, 0.717) is 30.2 Å². The third-order valence-corrected chi connectivity index (χ3v) is 5.02. The van der Waals surface area contributed by atoms with E-state index in [0.717, 1.165) is 29.5 Å². The summed E-state index contributed by atoms with van der Waals surface area (Å²) in [4.78, 5) is 31.9. The number of nitrogens with zero attached hydrogens (tertiary/aromatic N) is 5. The Morgan fingerprint density at radius 1 is 1.27 bits per heavy atom. The van der Waals surface area contributed by atoms with E-state index in [1.165, 1.54) is 11.6 Å². The van der Waals surface area contributed by atoms with Crippen molar-refractivity contribution in [3.8, 4) is 0 Å². The normalized spacial score (nSPS) is 20.6. The van der Waals surface area contributed by atoms with E-state index in [9.17, 15) is 9.59 Å². The first-order valence-corrected chi connectivity index (χ1v) is 8.96. The first kappa shape index (κ1) is 18.4. The number of hydrogen-bond acceptors (Lipinski definition) is 5. The summed E-state index contributed by atoms with van der Waals surface area (Å²) >= 11 is 0. The summed E-state index contributed by atoms with van der Waals surface area (Å²) in [7, 11) is 3.15. The lowest BCUT2D eigenvalue weighted by molar-refractivity contribution is 0.370. The van der Waals surface area contributed by atoms with Gasteiger partial charge in [-0.2, -0.15) is 4.98 Å². The van der Waals surface area contributed by atoms with Gasteiger partial charge in [-0.25, -0.2) is 4.79 Å². The number of anilines is 1. The molecule has 1 fully saturated rings. The predicted molar refractivity (Wildman–Crippen MR) is 104 cm³/mol. The summed E-state index contributed by atoms with van der Waals surface area (Å²) in [5, 5.41) is 0. The molecule has 0 aromatic carbocycles. The van der Waals surface area contributed by atoms with Gasteiger partial charge in [0.25, 0.3) is 5.56 Å². The smallest absolute Gasteiger partial charge is 0.332 e. The molecule has 0 amide bonds. The van der Waals surface area contributed by atoms with Crippen molar-refractivity contribution in [3.05, 3.63) is 32.5 Å². The SMILES string of the molecule is CC(C)=CCn1c(N2CCCC(C)(N)C2)nc2c1c(=O)n(C)c(=O)n2C. The molecular formula is C18H28N6O2. The van der Waals surface area contributed by atoms with Gasteiger partial charge in [0.2, 0.25) is 5.95 Å². The lowest BCUT2D eigenvalue weighted by Crippen LogP contribution is -2.52. The van der Waals surface area contributed by atoms with Crippen LogP contribution in [0.15, 0.2) is 21.2 Å². The molecule has 0 aliphatic carbocycles. The van der Waals surface area contributed by atoms with Crippen molar-refractivity contribution in [2.75, 3.05) is 18.0 Å². The number of hydrogen-bond donors (Lipinski definition) is 1. The third kappa shape index (κ3) is 3.09. The Kier molecular flexibility index (Phi) is 4.56. The van der Waals surface area contributed by atoms with E-state index in [1.54, 1.807) is 7.05 Å². The molecule has 1 aliphatic rings. The second-order valence-corrected chi connectivity index (χ2v) is 7.86. The molecule has 8 heteroatoms. The van der Waals surface area contributed by atoms with Crippen LogP contribution in [0.3, 0.4) is 0 Å². The Hall–Kier alpha value is -2.35. The lowest BCUT2D eigenvalue weighted by atomic mass is 9.93. The fraction of sp³-hybridized carbons (Fsp3) is 0.611. The van der Waals surface area contributed by atoms with Crippen LogP contribution < -0.4 is 21.9 Å². The molecule has 0 radical (unpaired) electrons. The molecular weight excluding hydrogens is 332 g/mol. The minimum atomic E-state index is -0.372. The lowest BCUT2D eigenvalue weighted by Gasteiger charge is -2.38. The van der Waals surface area contributed by atoms with Crippen LogP contribution in [0, 0.1) is 0 Å². The van der Waals surface area contributed by atoms with E-state index in [2.05, 4.69) is 11.0 Å². The number of imidazole rings is 1. The minimum Gasteiger partial charge on any atom is -0.340 e. The summed E-state index contributed by atoms with van der Waals surface area (Å²) < 4.78 is 4.48. The summed E-state index contributed by atoms with van der Waals surface area (Å²) in [5.74, 6) is 0.701. The second-order valence-electron chi connectivity index (χ2n) is 7.86. The number of nitrogens with two attached hydrogens (primary N) is 1. The molecule has 3 heterocycles. The van der Waals surface area contributed by atoms with E-state index >= 15 is 0 Å². The first-order chi connectivity index (χ1) is 12.1. The average Bonchev–Trinajstić information content (AvgIpc) is 2.95. The molecule has 2 aromatic rings. The van der Waals surface area contributed by atoms with Crippen molar-refractivity contribution < 1.29 is 0 Å². The molecule has 2 N–H and O–H groups in total. The molecule has 0 spiro atoms. The van der Waals surface area contributed by atoms with Gasteiger partial charge in [0.05, 0.1) is 0 Å². The van der Waals surface area contributed by atoms with Crippen LogP contribution in [0.1, 0.15) is 33.6 Å². The highest BCUT2D eigenvalue weighted by molar-refractivity contribution is 5.74. The minimum absolute atomic E-state index is 0.297. The first-order valence-electron chi connectivity index (χ1n) is 8.96. The Morgan fingerprint density at radius 2 is 1.96 bits per heavy atom. The van der Waals surface area contributed by atoms with Crippen LogP contribution in [-0.2, 0) is 20.6 Å². The maximum Gasteiger partial charge on any atom is 0.332 e. The molecule has 1 saturated heterocycles. The Morgan fingerprint density at radius 3 is 2.58 bits per heavy atom. The number of allylic oxidation sites excluding steroid dienone is 2. The highest BCUT2D eigenvalue weighted by Gasteiger charge is 2.30. The van der Waals surface area contributed by atoms with Crippen LogP contribution in [-0.4, -0.2) is 37.3 Å². The standard InChI is InChI=1S/C18H28N6O2/c1-12(2)7-10-24-13-14(21(4)17(26)22(5)15(13)25)20-16(24)23-9-6-8-18(3,19)11-23/h7H,6,8-11,19H2,1-5H3. The zero-order valence-corrected chi connectivity index (χ0v) is 16.2. The molecule has 1 unspecified atom stereocenters. The highest BCUT2D eigenvalue weighted by Crippen LogP contribution is 2.26. The second kappa shape index (κ2) is 6.42. The Balaban J connectivity index is 2.28.